The van der Waals surface area contributed by atoms with Crippen molar-refractivity contribution in [3.63, 3.8) is 0 Å². The third-order valence-corrected chi connectivity index (χ3v) is 11.6. The number of hydrogen-bond acceptors (Lipinski definition) is 3. The van der Waals surface area contributed by atoms with E-state index >= 15 is 0 Å². The minimum atomic E-state index is -0.599. The van der Waals surface area contributed by atoms with Crippen molar-refractivity contribution < 1.29 is 15.1 Å². The Labute approximate surface area is 207 Å². The molecule has 4 aliphatic carbocycles. The number of allylic oxidation sites excluding steroid dienone is 4. The molecule has 0 amide bonds. The van der Waals surface area contributed by atoms with Gasteiger partial charge in [0, 0.05) is 5.41 Å². The van der Waals surface area contributed by atoms with Crippen molar-refractivity contribution >= 4 is 11.7 Å². The molecule has 4 aliphatic rings. The van der Waals surface area contributed by atoms with E-state index in [1.54, 1.807) is 11.1 Å². The summed E-state index contributed by atoms with van der Waals surface area (Å²) in [5, 5.41) is 23.7. The highest BCUT2D eigenvalue weighted by Crippen LogP contribution is 2.72. The van der Waals surface area contributed by atoms with Gasteiger partial charge in [0.15, 0.2) is 0 Å². The van der Waals surface area contributed by atoms with Crippen LogP contribution in [-0.4, -0.2) is 22.0 Å². The highest BCUT2D eigenvalue weighted by atomic mass is 16.4. The van der Waals surface area contributed by atoms with Gasteiger partial charge in [-0.3, -0.25) is 4.79 Å². The van der Waals surface area contributed by atoms with Crippen molar-refractivity contribution in [3.05, 3.63) is 22.8 Å². The number of nitrogens with zero attached hydrogens (tertiary/aromatic N) is 1. The van der Waals surface area contributed by atoms with Crippen molar-refractivity contribution in [3.8, 4) is 0 Å². The van der Waals surface area contributed by atoms with Gasteiger partial charge < -0.3 is 10.3 Å². The molecule has 2 N–H and O–H groups in total. The number of rotatable bonds is 5. The van der Waals surface area contributed by atoms with Gasteiger partial charge in [-0.1, -0.05) is 62.6 Å². The Morgan fingerprint density at radius 3 is 2.35 bits per heavy atom. The van der Waals surface area contributed by atoms with Crippen LogP contribution in [0.15, 0.2) is 28.0 Å². The summed E-state index contributed by atoms with van der Waals surface area (Å²) in [5.41, 5.74) is 5.82. The van der Waals surface area contributed by atoms with Gasteiger partial charge in [-0.15, -0.1) is 0 Å². The molecule has 2 fully saturated rings. The van der Waals surface area contributed by atoms with Crippen molar-refractivity contribution in [2.45, 2.75) is 113 Å². The van der Waals surface area contributed by atoms with E-state index in [2.05, 4.69) is 59.7 Å². The molecule has 190 valence electrons. The summed E-state index contributed by atoms with van der Waals surface area (Å²) in [6.45, 7) is 16.1. The van der Waals surface area contributed by atoms with Crippen molar-refractivity contribution in [2.24, 2.45) is 44.6 Å². The van der Waals surface area contributed by atoms with Crippen LogP contribution in [-0.2, 0) is 4.79 Å². The summed E-state index contributed by atoms with van der Waals surface area (Å²) in [7, 11) is 0. The van der Waals surface area contributed by atoms with E-state index in [1.807, 2.05) is 0 Å². The summed E-state index contributed by atoms with van der Waals surface area (Å²) in [4.78, 5) is 12.5. The predicted molar refractivity (Wildman–Crippen MR) is 138 cm³/mol. The Balaban J connectivity index is 1.70. The molecule has 0 radical (unpaired) electrons. The lowest BCUT2D eigenvalue weighted by molar-refractivity contribution is -0.146. The van der Waals surface area contributed by atoms with E-state index in [-0.39, 0.29) is 33.5 Å². The smallest absolute Gasteiger partial charge is 0.306 e. The van der Waals surface area contributed by atoms with Gasteiger partial charge in [0.25, 0.3) is 0 Å². The van der Waals surface area contributed by atoms with Crippen LogP contribution >= 0.6 is 0 Å². The molecule has 0 aromatic carbocycles. The second-order valence-corrected chi connectivity index (χ2v) is 13.4. The van der Waals surface area contributed by atoms with E-state index in [0.717, 1.165) is 69.9 Å². The lowest BCUT2D eigenvalue weighted by atomic mass is 9.43. The number of carbonyl (C=O) groups is 1. The average molecular weight is 470 g/mol. The highest BCUT2D eigenvalue weighted by Gasteiger charge is 2.64. The molecule has 0 saturated heterocycles. The normalized spacial score (nSPS) is 40.9. The van der Waals surface area contributed by atoms with Crippen LogP contribution in [0.1, 0.15) is 113 Å². The maximum absolute atomic E-state index is 12.5. The van der Waals surface area contributed by atoms with Gasteiger partial charge in [0.05, 0.1) is 11.6 Å². The monoisotopic (exact) mass is 469 g/mol. The van der Waals surface area contributed by atoms with Crippen molar-refractivity contribution in [1.29, 1.82) is 0 Å². The first kappa shape index (κ1) is 25.5. The molecule has 6 atom stereocenters. The van der Waals surface area contributed by atoms with Gasteiger partial charge in [-0.25, -0.2) is 0 Å². The number of carboxylic acids is 1. The van der Waals surface area contributed by atoms with Gasteiger partial charge in [-0.2, -0.15) is 0 Å². The fraction of sp³-hybridized carbons (Fsp3) is 0.800. The fourth-order valence-corrected chi connectivity index (χ4v) is 9.41. The summed E-state index contributed by atoms with van der Waals surface area (Å²) in [6.07, 6.45) is 12.4. The quantitative estimate of drug-likeness (QED) is 0.243. The Hall–Kier alpha value is -1.58. The maximum Gasteiger partial charge on any atom is 0.306 e. The molecule has 0 bridgehead atoms. The molecule has 4 nitrogen and oxygen atoms in total. The minimum absolute atomic E-state index is 0.0466. The SMILES string of the molecule is CC(C)=CCC[C@@H](C(=O)O)[C@H]1CC[C@@]2(C)C3=C(CC[C@]12C)[C@@]1(C)CC/C(=N\O)C(C)(C)[C@@H]1CC3. The second kappa shape index (κ2) is 8.52. The van der Waals surface area contributed by atoms with Crippen LogP contribution in [0.2, 0.25) is 0 Å². The van der Waals surface area contributed by atoms with E-state index in [0.29, 0.717) is 5.92 Å². The van der Waals surface area contributed by atoms with Gasteiger partial charge >= 0.3 is 5.97 Å². The molecule has 4 heteroatoms. The number of fused-ring (bicyclic) bond motifs is 4. The summed E-state index contributed by atoms with van der Waals surface area (Å²) in [5.74, 6) is -0.109. The lowest BCUT2D eigenvalue weighted by Crippen LogP contribution is -2.54. The second-order valence-electron chi connectivity index (χ2n) is 13.4. The molecule has 2 saturated carbocycles. The summed E-state index contributed by atoms with van der Waals surface area (Å²) in [6, 6.07) is 0. The molecule has 34 heavy (non-hydrogen) atoms. The Kier molecular flexibility index (Phi) is 6.39. The Morgan fingerprint density at radius 2 is 1.74 bits per heavy atom. The van der Waals surface area contributed by atoms with Gasteiger partial charge in [-0.05, 0) is 106 Å². The number of aliphatic carboxylic acids is 1. The number of hydrogen-bond donors (Lipinski definition) is 2. The van der Waals surface area contributed by atoms with Crippen LogP contribution in [0.3, 0.4) is 0 Å². The molecule has 0 aromatic rings. The Bertz CT molecular complexity index is 939. The molecule has 0 aliphatic heterocycles. The molecule has 0 heterocycles. The minimum Gasteiger partial charge on any atom is -0.481 e. The van der Waals surface area contributed by atoms with E-state index in [9.17, 15) is 15.1 Å². The highest BCUT2D eigenvalue weighted by molar-refractivity contribution is 5.90. The topological polar surface area (TPSA) is 69.9 Å². The zero-order valence-corrected chi connectivity index (χ0v) is 22.6. The van der Waals surface area contributed by atoms with E-state index in [1.165, 1.54) is 5.57 Å². The first-order valence-corrected chi connectivity index (χ1v) is 13.6. The predicted octanol–water partition coefficient (Wildman–Crippen LogP) is 8.01. The van der Waals surface area contributed by atoms with Crippen molar-refractivity contribution in [1.82, 2.24) is 0 Å². The fourth-order valence-electron chi connectivity index (χ4n) is 9.41. The number of carboxylic acid groups (broad SMARTS) is 1. The zero-order chi connectivity index (χ0) is 25.1. The standard InChI is InChI=1S/C30H47NO3/c1-19(2)9-8-10-20(26(32)33)21-13-17-30(7)23-11-12-24-27(3,4)25(31-34)15-16-28(24,5)22(23)14-18-29(21,30)6/h9,20-21,24,34H,8,10-18H2,1-7H3,(H,32,33)/b31-25+/t20-,21-,24+,28-,29-,30+/m1/s1. The molecular formula is C30H47NO3. The number of oxime groups is 1. The first-order chi connectivity index (χ1) is 15.8. The summed E-state index contributed by atoms with van der Waals surface area (Å²) >= 11 is 0. The van der Waals surface area contributed by atoms with Crippen LogP contribution in [0.5, 0.6) is 0 Å². The van der Waals surface area contributed by atoms with Crippen molar-refractivity contribution in [2.75, 3.05) is 0 Å². The molecule has 0 unspecified atom stereocenters. The molecule has 0 spiro atoms. The third kappa shape index (κ3) is 3.53. The lowest BCUT2D eigenvalue weighted by Gasteiger charge is -2.61. The van der Waals surface area contributed by atoms with E-state index in [4.69, 9.17) is 0 Å². The maximum atomic E-state index is 12.5. The van der Waals surface area contributed by atoms with Crippen LogP contribution < -0.4 is 0 Å². The zero-order valence-electron chi connectivity index (χ0n) is 22.6. The van der Waals surface area contributed by atoms with Gasteiger partial charge in [0.2, 0.25) is 0 Å². The van der Waals surface area contributed by atoms with Crippen LogP contribution in [0.25, 0.3) is 0 Å². The average Bonchev–Trinajstić information content (AvgIpc) is 3.02. The first-order valence-electron chi connectivity index (χ1n) is 13.6. The van der Waals surface area contributed by atoms with Crippen LogP contribution in [0.4, 0.5) is 0 Å². The largest absolute Gasteiger partial charge is 0.481 e. The molecular weight excluding hydrogens is 422 g/mol. The van der Waals surface area contributed by atoms with Gasteiger partial charge in [0.1, 0.15) is 0 Å². The van der Waals surface area contributed by atoms with E-state index < -0.39 is 5.97 Å². The van der Waals surface area contributed by atoms with Crippen LogP contribution in [0, 0.1) is 39.4 Å². The molecule has 0 aromatic heterocycles. The molecule has 4 rings (SSSR count). The summed E-state index contributed by atoms with van der Waals surface area (Å²) < 4.78 is 0. The third-order valence-electron chi connectivity index (χ3n) is 11.6. The Morgan fingerprint density at radius 1 is 1.03 bits per heavy atom.